The van der Waals surface area contributed by atoms with Gasteiger partial charge < -0.3 is 10.6 Å². The van der Waals surface area contributed by atoms with E-state index in [1.54, 1.807) is 0 Å². The van der Waals surface area contributed by atoms with Crippen LogP contribution in [0.2, 0.25) is 0 Å². The number of amides is 1. The summed E-state index contributed by atoms with van der Waals surface area (Å²) in [7, 11) is 0. The van der Waals surface area contributed by atoms with Crippen LogP contribution < -0.4 is 5.73 Å². The Kier molecular flexibility index (Phi) is 4.64. The highest BCUT2D eigenvalue weighted by molar-refractivity contribution is 5.87. The van der Waals surface area contributed by atoms with Crippen LogP contribution in [0, 0.1) is 0 Å². The standard InChI is InChI=1S/C12H21F3N2O/c1-3-6-9-7-4-5-8-17(9)10(18)11(2,16)12(13,14)15/h9H,3-8,16H2,1-2H3. The Hall–Kier alpha value is -0.780. The number of rotatable bonds is 3. The third-order valence-electron chi connectivity index (χ3n) is 3.54. The summed E-state index contributed by atoms with van der Waals surface area (Å²) < 4.78 is 38.3. The number of nitrogens with two attached hydrogens (primary N) is 1. The number of halogens is 3. The fraction of sp³-hybridized carbons (Fsp3) is 0.917. The van der Waals surface area contributed by atoms with E-state index in [9.17, 15) is 18.0 Å². The molecule has 0 aromatic rings. The zero-order valence-corrected chi connectivity index (χ0v) is 10.9. The van der Waals surface area contributed by atoms with E-state index in [0.29, 0.717) is 6.54 Å². The first-order chi connectivity index (χ1) is 8.21. The Bertz CT molecular complexity index is 300. The first-order valence-corrected chi connectivity index (χ1v) is 6.38. The Morgan fingerprint density at radius 3 is 2.50 bits per heavy atom. The van der Waals surface area contributed by atoms with Crippen molar-refractivity contribution in [1.82, 2.24) is 4.90 Å². The van der Waals surface area contributed by atoms with Crippen LogP contribution >= 0.6 is 0 Å². The summed E-state index contributed by atoms with van der Waals surface area (Å²) in [6.45, 7) is 3.10. The molecule has 6 heteroatoms. The molecule has 3 nitrogen and oxygen atoms in total. The molecule has 0 bridgehead atoms. The Morgan fingerprint density at radius 1 is 1.39 bits per heavy atom. The molecule has 2 N–H and O–H groups in total. The average Bonchev–Trinajstić information content (AvgIpc) is 2.28. The quantitative estimate of drug-likeness (QED) is 0.853. The van der Waals surface area contributed by atoms with Crippen molar-refractivity contribution < 1.29 is 18.0 Å². The van der Waals surface area contributed by atoms with Crippen molar-refractivity contribution in [3.05, 3.63) is 0 Å². The molecule has 0 aromatic heterocycles. The van der Waals surface area contributed by atoms with Gasteiger partial charge in [0.05, 0.1) is 0 Å². The molecule has 0 aliphatic carbocycles. The van der Waals surface area contributed by atoms with E-state index in [2.05, 4.69) is 0 Å². The first-order valence-electron chi connectivity index (χ1n) is 6.38. The minimum Gasteiger partial charge on any atom is -0.338 e. The summed E-state index contributed by atoms with van der Waals surface area (Å²) >= 11 is 0. The first kappa shape index (κ1) is 15.3. The largest absolute Gasteiger partial charge is 0.415 e. The SMILES string of the molecule is CCCC1CCCCN1C(=O)C(C)(N)C(F)(F)F. The number of hydrogen-bond donors (Lipinski definition) is 1. The molecule has 106 valence electrons. The second kappa shape index (κ2) is 5.47. The zero-order valence-electron chi connectivity index (χ0n) is 10.9. The Labute approximate surface area is 106 Å². The van der Waals surface area contributed by atoms with Crippen molar-refractivity contribution in [2.75, 3.05) is 6.54 Å². The van der Waals surface area contributed by atoms with Gasteiger partial charge in [-0.2, -0.15) is 13.2 Å². The molecule has 1 aliphatic heterocycles. The van der Waals surface area contributed by atoms with Crippen LogP contribution in [0.15, 0.2) is 0 Å². The van der Waals surface area contributed by atoms with Gasteiger partial charge in [-0.25, -0.2) is 0 Å². The van der Waals surface area contributed by atoms with E-state index in [0.717, 1.165) is 39.0 Å². The second-order valence-corrected chi connectivity index (χ2v) is 5.14. The van der Waals surface area contributed by atoms with Crippen molar-refractivity contribution in [2.45, 2.75) is 63.7 Å². The van der Waals surface area contributed by atoms with Crippen molar-refractivity contribution in [2.24, 2.45) is 5.73 Å². The second-order valence-electron chi connectivity index (χ2n) is 5.14. The molecule has 0 saturated carbocycles. The predicted octanol–water partition coefficient (Wildman–Crippen LogP) is 2.45. The zero-order chi connectivity index (χ0) is 14.0. The van der Waals surface area contributed by atoms with Crippen LogP contribution in [0.3, 0.4) is 0 Å². The van der Waals surface area contributed by atoms with Gasteiger partial charge in [-0.1, -0.05) is 13.3 Å². The number of carbonyl (C=O) groups excluding carboxylic acids is 1. The van der Waals surface area contributed by atoms with Crippen LogP contribution in [-0.4, -0.2) is 35.1 Å². The van der Waals surface area contributed by atoms with Gasteiger partial charge in [0.1, 0.15) is 0 Å². The molecule has 1 saturated heterocycles. The Morgan fingerprint density at radius 2 is 2.00 bits per heavy atom. The van der Waals surface area contributed by atoms with E-state index < -0.39 is 17.6 Å². The van der Waals surface area contributed by atoms with Crippen LogP contribution in [-0.2, 0) is 4.79 Å². The number of nitrogens with zero attached hydrogens (tertiary/aromatic N) is 1. The summed E-state index contributed by atoms with van der Waals surface area (Å²) in [5.74, 6) is -0.992. The molecule has 18 heavy (non-hydrogen) atoms. The molecule has 1 amide bonds. The molecule has 0 spiro atoms. The van der Waals surface area contributed by atoms with Gasteiger partial charge in [0.15, 0.2) is 5.54 Å². The minimum absolute atomic E-state index is 0.0959. The van der Waals surface area contributed by atoms with Crippen LogP contribution in [0.1, 0.15) is 46.0 Å². The highest BCUT2D eigenvalue weighted by Gasteiger charge is 2.56. The van der Waals surface area contributed by atoms with E-state index in [1.807, 2.05) is 6.92 Å². The number of likely N-dealkylation sites (tertiary alicyclic amines) is 1. The summed E-state index contributed by atoms with van der Waals surface area (Å²) in [6, 6.07) is -0.0959. The van der Waals surface area contributed by atoms with E-state index in [4.69, 9.17) is 5.73 Å². The van der Waals surface area contributed by atoms with Crippen molar-refractivity contribution in [1.29, 1.82) is 0 Å². The predicted molar refractivity (Wildman–Crippen MR) is 62.9 cm³/mol. The summed E-state index contributed by atoms with van der Waals surface area (Å²) in [5, 5.41) is 0. The van der Waals surface area contributed by atoms with Gasteiger partial charge in [0.25, 0.3) is 5.91 Å². The van der Waals surface area contributed by atoms with Crippen molar-refractivity contribution in [3.8, 4) is 0 Å². The molecule has 0 radical (unpaired) electrons. The number of alkyl halides is 3. The van der Waals surface area contributed by atoms with Gasteiger partial charge in [0.2, 0.25) is 0 Å². The third kappa shape index (κ3) is 2.96. The van der Waals surface area contributed by atoms with Crippen LogP contribution in [0.25, 0.3) is 0 Å². The lowest BCUT2D eigenvalue weighted by Gasteiger charge is -2.40. The van der Waals surface area contributed by atoms with E-state index in [-0.39, 0.29) is 6.04 Å². The number of hydrogen-bond acceptors (Lipinski definition) is 2. The fourth-order valence-electron chi connectivity index (χ4n) is 2.32. The normalized spacial score (nSPS) is 24.8. The number of carbonyl (C=O) groups is 1. The molecule has 2 unspecified atom stereocenters. The fourth-order valence-corrected chi connectivity index (χ4v) is 2.32. The monoisotopic (exact) mass is 266 g/mol. The lowest BCUT2D eigenvalue weighted by molar-refractivity contribution is -0.195. The van der Waals surface area contributed by atoms with Crippen molar-refractivity contribution >= 4 is 5.91 Å². The molecule has 0 aromatic carbocycles. The maximum Gasteiger partial charge on any atom is 0.415 e. The van der Waals surface area contributed by atoms with Gasteiger partial charge in [-0.3, -0.25) is 4.79 Å². The molecular weight excluding hydrogens is 245 g/mol. The summed E-state index contributed by atoms with van der Waals surface area (Å²) in [4.78, 5) is 13.4. The highest BCUT2D eigenvalue weighted by Crippen LogP contribution is 2.32. The van der Waals surface area contributed by atoms with Crippen molar-refractivity contribution in [3.63, 3.8) is 0 Å². The minimum atomic E-state index is -4.71. The topological polar surface area (TPSA) is 46.3 Å². The third-order valence-corrected chi connectivity index (χ3v) is 3.54. The molecule has 1 rings (SSSR count). The average molecular weight is 266 g/mol. The maximum absolute atomic E-state index is 12.8. The van der Waals surface area contributed by atoms with Gasteiger partial charge in [-0.15, -0.1) is 0 Å². The molecule has 1 fully saturated rings. The maximum atomic E-state index is 12.8. The van der Waals surface area contributed by atoms with Gasteiger partial charge >= 0.3 is 6.18 Å². The van der Waals surface area contributed by atoms with Gasteiger partial charge in [0, 0.05) is 12.6 Å². The summed E-state index contributed by atoms with van der Waals surface area (Å²) in [5.41, 5.74) is 2.43. The molecular formula is C12H21F3N2O. The van der Waals surface area contributed by atoms with E-state index >= 15 is 0 Å². The lowest BCUT2D eigenvalue weighted by atomic mass is 9.93. The summed E-state index contributed by atoms with van der Waals surface area (Å²) in [6.07, 6.45) is -0.644. The molecule has 2 atom stereocenters. The molecule has 1 heterocycles. The lowest BCUT2D eigenvalue weighted by Crippen LogP contribution is -2.64. The van der Waals surface area contributed by atoms with E-state index in [1.165, 1.54) is 4.90 Å². The van der Waals surface area contributed by atoms with Crippen LogP contribution in [0.4, 0.5) is 13.2 Å². The molecule has 1 aliphatic rings. The smallest absolute Gasteiger partial charge is 0.338 e. The Balaban J connectivity index is 2.86. The van der Waals surface area contributed by atoms with Crippen LogP contribution in [0.5, 0.6) is 0 Å². The van der Waals surface area contributed by atoms with Gasteiger partial charge in [-0.05, 0) is 32.6 Å². The highest BCUT2D eigenvalue weighted by atomic mass is 19.4. The number of piperidine rings is 1.